The summed E-state index contributed by atoms with van der Waals surface area (Å²) >= 11 is 0. The van der Waals surface area contributed by atoms with Gasteiger partial charge in [-0.1, -0.05) is 0 Å². The van der Waals surface area contributed by atoms with Crippen LogP contribution in [0.4, 0.5) is 48.3 Å². The van der Waals surface area contributed by atoms with Crippen LogP contribution >= 0.6 is 0 Å². The van der Waals surface area contributed by atoms with Gasteiger partial charge in [0.2, 0.25) is 0 Å². The minimum atomic E-state index is -7.76. The summed E-state index contributed by atoms with van der Waals surface area (Å²) in [5.74, 6) is -29.7. The second-order valence-electron chi connectivity index (χ2n) is 4.76. The van der Waals surface area contributed by atoms with Gasteiger partial charge in [0.05, 0.1) is 0 Å². The van der Waals surface area contributed by atoms with Crippen molar-refractivity contribution in [1.82, 2.24) is 0 Å². The van der Waals surface area contributed by atoms with Gasteiger partial charge in [-0.25, -0.2) is 8.42 Å². The molecule has 15 heteroatoms. The van der Waals surface area contributed by atoms with Gasteiger partial charge in [0.15, 0.2) is 0 Å². The highest BCUT2D eigenvalue weighted by atomic mass is 32.2. The van der Waals surface area contributed by atoms with E-state index in [9.17, 15) is 61.3 Å². The van der Waals surface area contributed by atoms with Crippen molar-refractivity contribution in [2.24, 2.45) is 0 Å². The molecule has 0 amide bonds. The predicted octanol–water partition coefficient (Wildman–Crippen LogP) is 3.41. The molecule has 0 saturated carbocycles. The lowest BCUT2D eigenvalue weighted by Crippen LogP contribution is -2.71. The zero-order valence-electron chi connectivity index (χ0n) is 10.8. The van der Waals surface area contributed by atoms with Gasteiger partial charge in [-0.15, -0.1) is 0 Å². The third-order valence-electron chi connectivity index (χ3n) is 2.92. The number of alkyl halides is 11. The van der Waals surface area contributed by atoms with Crippen LogP contribution in [0.3, 0.4) is 0 Å². The first-order valence-corrected chi connectivity index (χ1v) is 6.44. The van der Waals surface area contributed by atoms with Crippen LogP contribution in [-0.2, 0) is 10.1 Å². The molecule has 0 radical (unpaired) electrons. The van der Waals surface area contributed by atoms with Gasteiger partial charge >= 0.3 is 29.9 Å². The molecule has 0 rings (SSSR count). The zero-order valence-corrected chi connectivity index (χ0v) is 11.6. The van der Waals surface area contributed by atoms with Gasteiger partial charge in [-0.2, -0.15) is 48.3 Å². The lowest BCUT2D eigenvalue weighted by Gasteiger charge is -2.43. The molecule has 0 unspecified atom stereocenters. The summed E-state index contributed by atoms with van der Waals surface area (Å²) in [5.41, 5.74) is 0. The second-order valence-corrected chi connectivity index (χ2v) is 6.69. The van der Waals surface area contributed by atoms with E-state index >= 15 is 0 Å². The van der Waals surface area contributed by atoms with Crippen molar-refractivity contribution in [1.29, 1.82) is 0 Å². The average molecular weight is 391 g/mol. The molecule has 0 spiro atoms. The highest BCUT2D eigenvalue weighted by Crippen LogP contribution is 2.60. The molecule has 0 bridgehead atoms. The van der Waals surface area contributed by atoms with E-state index in [-0.39, 0.29) is 0 Å². The summed E-state index contributed by atoms with van der Waals surface area (Å²) in [5, 5.41) is 0. The standard InChI is InChI=1S/C8H7F11O3S/c1-3(2,23(20,21)22)4(9,10)5(11,12)6(13,14)7(15,16)8(17,18)19/h1-2H3,(H,20,21,22)/p-1. The highest BCUT2D eigenvalue weighted by Gasteiger charge is 2.89. The molecule has 0 atom stereocenters. The molecule has 0 aromatic heterocycles. The predicted molar refractivity (Wildman–Crippen MR) is 49.6 cm³/mol. The van der Waals surface area contributed by atoms with Crippen LogP contribution in [0.15, 0.2) is 0 Å². The zero-order chi connectivity index (χ0) is 19.5. The third-order valence-corrected chi connectivity index (χ3v) is 4.43. The van der Waals surface area contributed by atoms with Crippen molar-refractivity contribution in [2.45, 2.75) is 48.5 Å². The Hall–Kier alpha value is -0.860. The molecule has 0 aliphatic heterocycles. The fourth-order valence-corrected chi connectivity index (χ4v) is 1.55. The van der Waals surface area contributed by atoms with Crippen LogP contribution in [0.25, 0.3) is 0 Å². The summed E-state index contributed by atoms with van der Waals surface area (Å²) in [4.78, 5) is 0. The Labute approximate surface area is 121 Å². The molecular formula is C8H6F11O3S-. The topological polar surface area (TPSA) is 57.2 Å². The Balaban J connectivity index is 6.48. The van der Waals surface area contributed by atoms with E-state index in [0.717, 1.165) is 0 Å². The normalized spacial score (nSPS) is 16.6. The second kappa shape index (κ2) is 5.07. The fourth-order valence-electron chi connectivity index (χ4n) is 1.11. The molecule has 0 heterocycles. The maximum Gasteiger partial charge on any atom is 0.460 e. The molecular weight excluding hydrogens is 385 g/mol. The molecule has 0 fully saturated rings. The fraction of sp³-hybridized carbons (Fsp3) is 1.00. The first kappa shape index (κ1) is 22.1. The van der Waals surface area contributed by atoms with Gasteiger partial charge in [0.1, 0.15) is 14.9 Å². The van der Waals surface area contributed by atoms with Gasteiger partial charge in [-0.3, -0.25) is 0 Å². The smallest absolute Gasteiger partial charge is 0.460 e. The van der Waals surface area contributed by atoms with Crippen LogP contribution < -0.4 is 0 Å². The minimum absolute atomic E-state index is 0.523. The number of halogens is 11. The van der Waals surface area contributed by atoms with Crippen molar-refractivity contribution >= 4 is 10.1 Å². The number of rotatable bonds is 5. The van der Waals surface area contributed by atoms with E-state index < -0.39 is 58.6 Å². The molecule has 0 N–H and O–H groups in total. The van der Waals surface area contributed by atoms with E-state index in [4.69, 9.17) is 0 Å². The van der Waals surface area contributed by atoms with E-state index in [1.165, 1.54) is 0 Å². The monoisotopic (exact) mass is 391 g/mol. The van der Waals surface area contributed by atoms with E-state index in [1.54, 1.807) is 0 Å². The largest absolute Gasteiger partial charge is 0.747 e. The number of hydrogen-bond donors (Lipinski definition) is 0. The molecule has 3 nitrogen and oxygen atoms in total. The molecule has 0 saturated heterocycles. The Morgan fingerprint density at radius 3 is 1.09 bits per heavy atom. The van der Waals surface area contributed by atoms with Gasteiger partial charge in [-0.05, 0) is 13.8 Å². The van der Waals surface area contributed by atoms with Crippen molar-refractivity contribution in [3.8, 4) is 0 Å². The van der Waals surface area contributed by atoms with E-state index in [1.807, 2.05) is 0 Å². The summed E-state index contributed by atoms with van der Waals surface area (Å²) in [6, 6.07) is 0. The Kier molecular flexibility index (Phi) is 4.88. The average Bonchev–Trinajstić information content (AvgIpc) is 2.24. The summed E-state index contributed by atoms with van der Waals surface area (Å²) in [6.07, 6.45) is -7.36. The third kappa shape index (κ3) is 2.74. The Morgan fingerprint density at radius 2 is 0.870 bits per heavy atom. The van der Waals surface area contributed by atoms with Gasteiger partial charge in [0, 0.05) is 0 Å². The van der Waals surface area contributed by atoms with Crippen LogP contribution in [0.1, 0.15) is 13.8 Å². The molecule has 0 aromatic carbocycles. The first-order chi connectivity index (χ1) is 9.50. The van der Waals surface area contributed by atoms with Crippen LogP contribution in [-0.4, -0.2) is 47.6 Å². The molecule has 0 aliphatic rings. The van der Waals surface area contributed by atoms with Crippen LogP contribution in [0, 0.1) is 0 Å². The minimum Gasteiger partial charge on any atom is -0.747 e. The van der Waals surface area contributed by atoms with Crippen molar-refractivity contribution in [3.05, 3.63) is 0 Å². The molecule has 140 valence electrons. The quantitative estimate of drug-likeness (QED) is 0.533. The SMILES string of the molecule is CC(C)(C(F)(F)C(F)(F)C(F)(F)C(F)(F)C(F)(F)F)S(=O)(=O)[O-]. The summed E-state index contributed by atoms with van der Waals surface area (Å²) in [6.45, 7) is -1.05. The van der Waals surface area contributed by atoms with E-state index in [2.05, 4.69) is 0 Å². The van der Waals surface area contributed by atoms with Crippen LogP contribution in [0.2, 0.25) is 0 Å². The Bertz CT molecular complexity index is 560. The Morgan fingerprint density at radius 1 is 0.609 bits per heavy atom. The number of hydrogen-bond acceptors (Lipinski definition) is 3. The van der Waals surface area contributed by atoms with Crippen molar-refractivity contribution in [2.75, 3.05) is 0 Å². The first-order valence-electron chi connectivity index (χ1n) is 5.03. The lowest BCUT2D eigenvalue weighted by atomic mass is 9.90. The van der Waals surface area contributed by atoms with Gasteiger partial charge < -0.3 is 4.55 Å². The maximum absolute atomic E-state index is 13.4. The maximum atomic E-state index is 13.4. The van der Waals surface area contributed by atoms with Crippen molar-refractivity contribution < 1.29 is 61.3 Å². The molecule has 23 heavy (non-hydrogen) atoms. The van der Waals surface area contributed by atoms with Gasteiger partial charge in [0.25, 0.3) is 0 Å². The van der Waals surface area contributed by atoms with Crippen molar-refractivity contribution in [3.63, 3.8) is 0 Å². The highest BCUT2D eigenvalue weighted by molar-refractivity contribution is 7.87. The molecule has 0 aromatic rings. The summed E-state index contributed by atoms with van der Waals surface area (Å²) < 4.78 is 166. The molecule has 0 aliphatic carbocycles. The van der Waals surface area contributed by atoms with E-state index in [0.29, 0.717) is 0 Å². The summed E-state index contributed by atoms with van der Waals surface area (Å²) in [7, 11) is -6.52. The lowest BCUT2D eigenvalue weighted by molar-refractivity contribution is -0.424. The van der Waals surface area contributed by atoms with Crippen LogP contribution in [0.5, 0.6) is 0 Å².